The zero-order valence-electron chi connectivity index (χ0n) is 10.8. The molecule has 0 bridgehead atoms. The summed E-state index contributed by atoms with van der Waals surface area (Å²) in [6, 6.07) is 5.08. The summed E-state index contributed by atoms with van der Waals surface area (Å²) in [6.45, 7) is 3.96. The van der Waals surface area contributed by atoms with Gasteiger partial charge in [-0.15, -0.1) is 6.58 Å². The Balaban J connectivity index is 2.36. The van der Waals surface area contributed by atoms with E-state index in [2.05, 4.69) is 16.7 Å². The van der Waals surface area contributed by atoms with Crippen LogP contribution in [-0.4, -0.2) is 19.9 Å². The maximum Gasteiger partial charge on any atom is 0.137 e. The minimum absolute atomic E-state index is 0.266. The van der Waals surface area contributed by atoms with Crippen molar-refractivity contribution in [3.8, 4) is 0 Å². The molecule has 1 heterocycles. The lowest BCUT2D eigenvalue weighted by Gasteiger charge is -2.29. The fraction of sp³-hybridized carbons (Fsp3) is 0.286. The number of allylic oxidation sites excluding steroid dienone is 1. The van der Waals surface area contributed by atoms with Gasteiger partial charge in [-0.3, -0.25) is 0 Å². The maximum absolute atomic E-state index is 11.0. The second-order valence-corrected chi connectivity index (χ2v) is 5.42. The second-order valence-electron chi connectivity index (χ2n) is 4.58. The number of hydrogen-bond acceptors (Lipinski definition) is 3. The van der Waals surface area contributed by atoms with Gasteiger partial charge in [0.2, 0.25) is 0 Å². The van der Waals surface area contributed by atoms with Gasteiger partial charge in [-0.05, 0) is 25.0 Å². The molecule has 0 aliphatic rings. The van der Waals surface area contributed by atoms with E-state index >= 15 is 0 Å². The SMILES string of the molecule is C=CCCC(O)(Cn1cncn1)c1ccc(Cl)cc1Cl. The van der Waals surface area contributed by atoms with Crippen LogP contribution in [0.5, 0.6) is 0 Å². The van der Waals surface area contributed by atoms with Gasteiger partial charge in [0.05, 0.1) is 6.54 Å². The number of halogens is 2. The first-order chi connectivity index (χ1) is 9.55. The Bertz CT molecular complexity index is 586. The van der Waals surface area contributed by atoms with E-state index in [0.29, 0.717) is 28.5 Å². The van der Waals surface area contributed by atoms with E-state index < -0.39 is 5.60 Å². The van der Waals surface area contributed by atoms with Gasteiger partial charge >= 0.3 is 0 Å². The van der Waals surface area contributed by atoms with E-state index in [1.165, 1.54) is 6.33 Å². The Labute approximate surface area is 127 Å². The molecular weight excluding hydrogens is 297 g/mol. The van der Waals surface area contributed by atoms with Gasteiger partial charge in [0.25, 0.3) is 0 Å². The molecular formula is C14H15Cl2N3O. The molecule has 1 atom stereocenters. The van der Waals surface area contributed by atoms with Crippen molar-refractivity contribution < 1.29 is 5.11 Å². The topological polar surface area (TPSA) is 50.9 Å². The fourth-order valence-corrected chi connectivity index (χ4v) is 2.67. The fourth-order valence-electron chi connectivity index (χ4n) is 2.09. The molecule has 0 fully saturated rings. The highest BCUT2D eigenvalue weighted by Gasteiger charge is 2.31. The molecule has 0 amide bonds. The van der Waals surface area contributed by atoms with Crippen molar-refractivity contribution in [1.29, 1.82) is 0 Å². The van der Waals surface area contributed by atoms with Crippen LogP contribution in [0.1, 0.15) is 18.4 Å². The van der Waals surface area contributed by atoms with Crippen molar-refractivity contribution in [1.82, 2.24) is 14.8 Å². The molecule has 1 aromatic heterocycles. The van der Waals surface area contributed by atoms with Crippen molar-refractivity contribution in [2.45, 2.75) is 25.0 Å². The predicted molar refractivity (Wildman–Crippen MR) is 79.8 cm³/mol. The zero-order valence-corrected chi connectivity index (χ0v) is 12.3. The van der Waals surface area contributed by atoms with E-state index in [4.69, 9.17) is 23.2 Å². The summed E-state index contributed by atoms with van der Waals surface area (Å²) in [5, 5.41) is 16.0. The van der Waals surface area contributed by atoms with Gasteiger partial charge in [-0.2, -0.15) is 5.10 Å². The summed E-state index contributed by atoms with van der Waals surface area (Å²) >= 11 is 12.1. The van der Waals surface area contributed by atoms with Gasteiger partial charge in [0.1, 0.15) is 18.3 Å². The highest BCUT2D eigenvalue weighted by molar-refractivity contribution is 6.35. The van der Waals surface area contributed by atoms with Gasteiger partial charge < -0.3 is 5.11 Å². The molecule has 0 aliphatic carbocycles. The third kappa shape index (κ3) is 3.39. The van der Waals surface area contributed by atoms with Crippen LogP contribution < -0.4 is 0 Å². The Kier molecular flexibility index (Phi) is 4.81. The van der Waals surface area contributed by atoms with Crippen LogP contribution in [0.15, 0.2) is 43.5 Å². The predicted octanol–water partition coefficient (Wildman–Crippen LogP) is 3.44. The van der Waals surface area contributed by atoms with E-state index in [1.807, 2.05) is 0 Å². The molecule has 1 unspecified atom stereocenters. The maximum atomic E-state index is 11.0. The molecule has 2 rings (SSSR count). The standard InChI is InChI=1S/C14H15Cl2N3O/c1-2-3-6-14(20,8-19-10-17-9-18-19)12-5-4-11(15)7-13(12)16/h2,4-5,7,9-10,20H,1,3,6,8H2. The van der Waals surface area contributed by atoms with Crippen LogP contribution in [0.4, 0.5) is 0 Å². The van der Waals surface area contributed by atoms with E-state index in [9.17, 15) is 5.11 Å². The highest BCUT2D eigenvalue weighted by atomic mass is 35.5. The highest BCUT2D eigenvalue weighted by Crippen LogP contribution is 2.35. The van der Waals surface area contributed by atoms with Crippen molar-refractivity contribution in [3.05, 3.63) is 59.1 Å². The molecule has 0 saturated heterocycles. The van der Waals surface area contributed by atoms with Crippen molar-refractivity contribution in [3.63, 3.8) is 0 Å². The lowest BCUT2D eigenvalue weighted by atomic mass is 9.89. The van der Waals surface area contributed by atoms with Crippen LogP contribution in [-0.2, 0) is 12.1 Å². The molecule has 1 N–H and O–H groups in total. The largest absolute Gasteiger partial charge is 0.383 e. The second kappa shape index (κ2) is 6.39. The molecule has 4 nitrogen and oxygen atoms in total. The molecule has 0 aliphatic heterocycles. The Morgan fingerprint density at radius 2 is 2.20 bits per heavy atom. The summed E-state index contributed by atoms with van der Waals surface area (Å²) in [7, 11) is 0. The average Bonchev–Trinajstić information content (AvgIpc) is 2.88. The Hall–Kier alpha value is -1.36. The number of aliphatic hydroxyl groups is 1. The summed E-state index contributed by atoms with van der Waals surface area (Å²) in [4.78, 5) is 3.88. The first-order valence-electron chi connectivity index (χ1n) is 6.16. The minimum atomic E-state index is -1.15. The van der Waals surface area contributed by atoms with Crippen molar-refractivity contribution >= 4 is 23.2 Å². The number of aromatic nitrogens is 3. The number of hydrogen-bond donors (Lipinski definition) is 1. The number of nitrogens with zero attached hydrogens (tertiary/aromatic N) is 3. The molecule has 0 spiro atoms. The van der Waals surface area contributed by atoms with Crippen LogP contribution in [0.2, 0.25) is 10.0 Å². The molecule has 2 aromatic rings. The summed E-state index contributed by atoms with van der Waals surface area (Å²) in [5.41, 5.74) is -0.523. The number of rotatable bonds is 6. The lowest BCUT2D eigenvalue weighted by Crippen LogP contribution is -2.32. The summed E-state index contributed by atoms with van der Waals surface area (Å²) in [5.74, 6) is 0. The van der Waals surface area contributed by atoms with Gasteiger partial charge in [0, 0.05) is 15.6 Å². The Morgan fingerprint density at radius 1 is 1.40 bits per heavy atom. The van der Waals surface area contributed by atoms with Crippen molar-refractivity contribution in [2.75, 3.05) is 0 Å². The van der Waals surface area contributed by atoms with E-state index in [0.717, 1.165) is 0 Å². The summed E-state index contributed by atoms with van der Waals surface area (Å²) in [6.07, 6.45) is 5.89. The molecule has 0 radical (unpaired) electrons. The monoisotopic (exact) mass is 311 g/mol. The van der Waals surface area contributed by atoms with Gasteiger partial charge in [-0.1, -0.05) is 35.3 Å². The smallest absolute Gasteiger partial charge is 0.137 e. The Morgan fingerprint density at radius 3 is 2.80 bits per heavy atom. The van der Waals surface area contributed by atoms with Gasteiger partial charge in [-0.25, -0.2) is 9.67 Å². The zero-order chi connectivity index (χ0) is 14.6. The third-order valence-electron chi connectivity index (χ3n) is 3.08. The summed E-state index contributed by atoms with van der Waals surface area (Å²) < 4.78 is 1.58. The van der Waals surface area contributed by atoms with Crippen LogP contribution >= 0.6 is 23.2 Å². The van der Waals surface area contributed by atoms with Crippen LogP contribution in [0.3, 0.4) is 0 Å². The quantitative estimate of drug-likeness (QED) is 0.831. The van der Waals surface area contributed by atoms with Crippen LogP contribution in [0.25, 0.3) is 0 Å². The first-order valence-corrected chi connectivity index (χ1v) is 6.92. The molecule has 1 aromatic carbocycles. The minimum Gasteiger partial charge on any atom is -0.383 e. The van der Waals surface area contributed by atoms with E-state index in [-0.39, 0.29) is 6.54 Å². The first kappa shape index (κ1) is 15.0. The molecule has 6 heteroatoms. The number of benzene rings is 1. The average molecular weight is 312 g/mol. The van der Waals surface area contributed by atoms with E-state index in [1.54, 1.807) is 35.3 Å². The third-order valence-corrected chi connectivity index (χ3v) is 3.63. The van der Waals surface area contributed by atoms with Crippen LogP contribution in [0, 0.1) is 0 Å². The normalized spacial score (nSPS) is 13.9. The molecule has 106 valence electrons. The lowest BCUT2D eigenvalue weighted by molar-refractivity contribution is 0.00724. The van der Waals surface area contributed by atoms with Gasteiger partial charge in [0.15, 0.2) is 0 Å². The van der Waals surface area contributed by atoms with Crippen molar-refractivity contribution in [2.24, 2.45) is 0 Å². The molecule has 0 saturated carbocycles. The molecule has 20 heavy (non-hydrogen) atoms.